The molecule has 6 atom stereocenters. The number of amides is 5. The number of aromatic hydroxyl groups is 1. The molecule has 464 valence electrons. The number of carbonyl (C=O) groups excluding carboxylic acids is 8. The molecule has 0 radical (unpaired) electrons. The molecule has 10 bridgehead atoms. The summed E-state index contributed by atoms with van der Waals surface area (Å²) >= 11 is 6.53. The summed E-state index contributed by atoms with van der Waals surface area (Å²) in [7, 11) is 0. The number of phenols is 1. The van der Waals surface area contributed by atoms with Gasteiger partial charge in [0.2, 0.25) is 11.8 Å². The van der Waals surface area contributed by atoms with Crippen molar-refractivity contribution in [2.75, 3.05) is 0 Å². The number of nitrogens with zero attached hydrogens (tertiary/aromatic N) is 7. The maximum Gasteiger partial charge on any atom is 0.331 e. The highest BCUT2D eigenvalue weighted by atomic mass is 32.1. The fourth-order valence-corrected chi connectivity index (χ4v) is 14.7. The number of aliphatic hydroxyl groups excluding tert-OH is 1. The van der Waals surface area contributed by atoms with Gasteiger partial charge >= 0.3 is 5.97 Å². The van der Waals surface area contributed by atoms with E-state index >= 15 is 0 Å². The topological polar surface area (TPSA) is 379 Å². The summed E-state index contributed by atoms with van der Waals surface area (Å²) in [5.74, 6) is -8.70. The van der Waals surface area contributed by atoms with Crippen molar-refractivity contribution in [3.05, 3.63) is 172 Å². The molecule has 91 heavy (non-hydrogen) atoms. The van der Waals surface area contributed by atoms with Gasteiger partial charge in [0.15, 0.2) is 11.6 Å². The van der Waals surface area contributed by atoms with Crippen molar-refractivity contribution >= 4 is 121 Å². The first kappa shape index (κ1) is 64.4. The van der Waals surface area contributed by atoms with E-state index in [2.05, 4.69) is 49.4 Å². The third kappa shape index (κ3) is 14.9. The first-order valence-corrected chi connectivity index (χ1v) is 32.7. The Labute approximate surface area is 541 Å². The molecule has 0 fully saturated rings. The lowest BCUT2D eigenvalue weighted by molar-refractivity contribution is -0.133. The summed E-state index contributed by atoms with van der Waals surface area (Å²) < 4.78 is 0. The van der Waals surface area contributed by atoms with Gasteiger partial charge in [-0.05, 0) is 49.2 Å². The number of primary amides is 1. The van der Waals surface area contributed by atoms with E-state index in [-0.39, 0.29) is 79.3 Å². The molecule has 1 aliphatic rings. The molecule has 1 aliphatic heterocycles. The van der Waals surface area contributed by atoms with E-state index in [0.29, 0.717) is 48.0 Å². The SMILES string of the molecule is C=C(CC(=O)C(=C)NC(=O)c1csc(-c2ccc3c(n2)-c2csc(n2)-c2csc(n2)C(C(C)C(C)=O)NC(=O)C(Cc2ccc(O)cc2)NC(=O)c2csc(n2)C(C(O)c2ccccc2)CC(=O)c2nc(sc2C)C(CC(N)=O)NC(=O)c2csc-3n2)n1)C(=O)O. The summed E-state index contributed by atoms with van der Waals surface area (Å²) in [4.78, 5) is 155. The predicted octanol–water partition coefficient (Wildman–Crippen LogP) is 8.52. The Kier molecular flexibility index (Phi) is 19.6. The van der Waals surface area contributed by atoms with Crippen LogP contribution in [0.15, 0.2) is 118 Å². The molecule has 0 saturated carbocycles. The quantitative estimate of drug-likeness (QED) is 0.0446. The Balaban J connectivity index is 1.05. The molecule has 7 aromatic heterocycles. The lowest BCUT2D eigenvalue weighted by atomic mass is 9.90. The van der Waals surface area contributed by atoms with Crippen LogP contribution in [0.25, 0.3) is 43.4 Å². The van der Waals surface area contributed by atoms with E-state index in [0.717, 1.165) is 56.7 Å². The van der Waals surface area contributed by atoms with E-state index in [1.165, 1.54) is 46.5 Å². The molecular weight excluding hydrogens is 1290 g/mol. The molecule has 9 N–H and O–H groups in total. The number of phenolic OH excluding ortho intramolecular Hbond substituents is 1. The van der Waals surface area contributed by atoms with Crippen molar-refractivity contribution in [1.29, 1.82) is 0 Å². The zero-order valence-electron chi connectivity index (χ0n) is 48.1. The molecular formula is C61H52N12O12S6. The number of aliphatic carboxylic acids is 1. The number of carboxylic acid groups (broad SMARTS) is 1. The number of carbonyl (C=O) groups is 9. The summed E-state index contributed by atoms with van der Waals surface area (Å²) in [5, 5.41) is 51.7. The number of hydrogen-bond donors (Lipinski definition) is 8. The number of pyridine rings is 1. The van der Waals surface area contributed by atoms with Gasteiger partial charge in [0.1, 0.15) is 82.5 Å². The van der Waals surface area contributed by atoms with Gasteiger partial charge in [-0.25, -0.2) is 39.7 Å². The van der Waals surface area contributed by atoms with Gasteiger partial charge in [-0.1, -0.05) is 62.5 Å². The van der Waals surface area contributed by atoms with Crippen LogP contribution in [0.4, 0.5) is 0 Å². The molecule has 8 heterocycles. The average molecular weight is 1340 g/mol. The zero-order chi connectivity index (χ0) is 64.9. The Morgan fingerprint density at radius 2 is 1.32 bits per heavy atom. The number of allylic oxidation sites excluding steroid dienone is 1. The molecule has 0 saturated heterocycles. The maximum absolute atomic E-state index is 14.8. The summed E-state index contributed by atoms with van der Waals surface area (Å²) in [6, 6.07) is 14.4. The minimum absolute atomic E-state index is 0.0112. The number of thiazole rings is 6. The zero-order valence-corrected chi connectivity index (χ0v) is 53.0. The first-order chi connectivity index (χ1) is 43.5. The third-order valence-corrected chi connectivity index (χ3v) is 20.0. The second kappa shape index (κ2) is 27.7. The predicted molar refractivity (Wildman–Crippen MR) is 342 cm³/mol. The molecule has 5 amide bonds. The summed E-state index contributed by atoms with van der Waals surface area (Å²) in [5.41, 5.74) is 7.22. The Hall–Kier alpha value is -9.56. The molecule has 0 aliphatic carbocycles. The normalized spacial score (nSPS) is 16.9. The number of Topliss-reactive ketones (excluding diaryl/α,β-unsaturated/α-hetero) is 3. The van der Waals surface area contributed by atoms with Gasteiger partial charge in [-0.15, -0.1) is 68.0 Å². The van der Waals surface area contributed by atoms with Crippen molar-refractivity contribution in [2.45, 2.75) is 76.6 Å². The monoisotopic (exact) mass is 1340 g/mol. The number of ketones is 3. The van der Waals surface area contributed by atoms with E-state index in [9.17, 15) is 58.5 Å². The van der Waals surface area contributed by atoms with Crippen molar-refractivity contribution in [2.24, 2.45) is 11.7 Å². The number of carboxylic acids is 1. The van der Waals surface area contributed by atoms with Gasteiger partial charge in [0, 0.05) is 74.0 Å². The fraction of sp³-hybridized carbons (Fsp3) is 0.213. The minimum atomic E-state index is -1.38. The van der Waals surface area contributed by atoms with Crippen LogP contribution in [0, 0.1) is 12.8 Å². The lowest BCUT2D eigenvalue weighted by Gasteiger charge is -2.25. The van der Waals surface area contributed by atoms with Crippen LogP contribution in [-0.4, -0.2) is 109 Å². The standard InChI is InChI=1S/C61H52N12O12S6/c1-26(61(84)85)17-44(76)28(3)63-52(81)40-24-89-57(70-40)36-16-15-34-49(64-36)39-21-88-58(67-39)43-25-90-60(71-43)47(27(2)29(4)74)72-51(80)37(18-31-11-13-33(75)14-12-31)65-53(82)41-23-87-56(69-41)35(50(79)32-9-7-6-8-10-32)19-45(77)48-30(5)91-59(73-48)38(20-46(62)78)66-54(83)42-22-86-55(34)68-42/h6-16,21-25,27,35,37-38,47,50,75,79H,1,3,17-20H2,2,4-5H3,(H2,62,78)(H,63,81)(H,65,82)(H,66,83)(H,72,80)(H,84,85). The molecule has 10 rings (SSSR count). The largest absolute Gasteiger partial charge is 0.508 e. The second-order valence-corrected chi connectivity index (χ2v) is 26.4. The van der Waals surface area contributed by atoms with Crippen molar-refractivity contribution < 1.29 is 58.5 Å². The highest BCUT2D eigenvalue weighted by molar-refractivity contribution is 7.15. The molecule has 6 unspecified atom stereocenters. The van der Waals surface area contributed by atoms with Gasteiger partial charge in [0.05, 0.1) is 41.0 Å². The highest BCUT2D eigenvalue weighted by Gasteiger charge is 2.36. The van der Waals surface area contributed by atoms with Crippen molar-refractivity contribution in [3.63, 3.8) is 0 Å². The van der Waals surface area contributed by atoms with E-state index < -0.39 is 102 Å². The third-order valence-electron chi connectivity index (χ3n) is 14.4. The number of nitrogens with one attached hydrogen (secondary N) is 4. The fourth-order valence-electron chi connectivity index (χ4n) is 9.35. The summed E-state index contributed by atoms with van der Waals surface area (Å²) in [6.45, 7) is 11.6. The summed E-state index contributed by atoms with van der Waals surface area (Å²) in [6.07, 6.45) is -2.80. The Morgan fingerprint density at radius 3 is 2.03 bits per heavy atom. The number of aliphatic hydroxyl groups is 1. The molecule has 0 spiro atoms. The second-order valence-electron chi connectivity index (χ2n) is 20.8. The van der Waals surface area contributed by atoms with Crippen molar-refractivity contribution in [1.82, 2.24) is 56.2 Å². The van der Waals surface area contributed by atoms with Gasteiger partial charge in [-0.2, -0.15) is 0 Å². The molecule has 2 aromatic carbocycles. The van der Waals surface area contributed by atoms with Crippen LogP contribution < -0.4 is 27.0 Å². The maximum atomic E-state index is 14.8. The minimum Gasteiger partial charge on any atom is -0.508 e. The number of hydrogen-bond acceptors (Lipinski definition) is 24. The van der Waals surface area contributed by atoms with Crippen LogP contribution in [0.1, 0.15) is 130 Å². The van der Waals surface area contributed by atoms with E-state index in [4.69, 9.17) is 25.7 Å². The van der Waals surface area contributed by atoms with E-state index in [1.54, 1.807) is 79.2 Å². The molecule has 9 aromatic rings. The number of rotatable bonds is 15. The molecule has 30 heteroatoms. The van der Waals surface area contributed by atoms with Crippen LogP contribution in [0.2, 0.25) is 0 Å². The van der Waals surface area contributed by atoms with E-state index in [1.807, 2.05) is 0 Å². The van der Waals surface area contributed by atoms with Crippen LogP contribution in [-0.2, 0) is 30.4 Å². The van der Waals surface area contributed by atoms with Gasteiger partial charge in [0.25, 0.3) is 17.7 Å². The Morgan fingerprint density at radius 1 is 0.692 bits per heavy atom. The van der Waals surface area contributed by atoms with Crippen molar-refractivity contribution in [3.8, 4) is 49.1 Å². The number of aromatic nitrogens is 7. The average Bonchev–Trinajstić information content (AvgIpc) is 1.72. The number of benzene rings is 2. The number of fused-ring (bicyclic) bond motifs is 14. The first-order valence-electron chi connectivity index (χ1n) is 27.4. The molecule has 24 nitrogen and oxygen atoms in total. The lowest BCUT2D eigenvalue weighted by Crippen LogP contribution is -2.50. The van der Waals surface area contributed by atoms with Gasteiger partial charge in [-0.3, -0.25) is 38.4 Å². The smallest absolute Gasteiger partial charge is 0.331 e. The Bertz CT molecular complexity index is 4380. The highest BCUT2D eigenvalue weighted by Crippen LogP contribution is 2.41. The van der Waals surface area contributed by atoms with Gasteiger partial charge < -0.3 is 42.3 Å². The number of aryl methyl sites for hydroxylation is 1. The number of nitrogens with two attached hydrogens (primary N) is 1. The van der Waals surface area contributed by atoms with Crippen LogP contribution >= 0.6 is 68.0 Å². The van der Waals surface area contributed by atoms with Crippen LogP contribution in [0.3, 0.4) is 0 Å². The van der Waals surface area contributed by atoms with Crippen LogP contribution in [0.5, 0.6) is 5.75 Å².